The molecule has 0 radical (unpaired) electrons. The third-order valence-corrected chi connectivity index (χ3v) is 8.17. The van der Waals surface area contributed by atoms with Gasteiger partial charge in [0.2, 0.25) is 21.8 Å². The number of rotatable bonds is 12. The SMILES string of the molecule is COc1ccc(CN(C(=O)CCCN(c2ccc(F)c(F)c2)S(C)(=O)=O)C(C)C(=O)NC2CCCCC2)cc1. The molecule has 0 spiro atoms. The molecule has 0 aromatic heterocycles. The van der Waals surface area contributed by atoms with E-state index in [0.717, 1.165) is 60.4 Å². The van der Waals surface area contributed by atoms with Crippen molar-refractivity contribution >= 4 is 27.5 Å². The van der Waals surface area contributed by atoms with E-state index in [1.807, 2.05) is 12.1 Å². The predicted molar refractivity (Wildman–Crippen MR) is 146 cm³/mol. The Morgan fingerprint density at radius 1 is 1.05 bits per heavy atom. The summed E-state index contributed by atoms with van der Waals surface area (Å²) in [6.07, 6.45) is 6.12. The zero-order chi connectivity index (χ0) is 28.6. The van der Waals surface area contributed by atoms with Crippen molar-refractivity contribution in [2.24, 2.45) is 0 Å². The number of anilines is 1. The fourth-order valence-electron chi connectivity index (χ4n) is 4.72. The van der Waals surface area contributed by atoms with Gasteiger partial charge in [-0.25, -0.2) is 17.2 Å². The Morgan fingerprint density at radius 2 is 1.72 bits per heavy atom. The van der Waals surface area contributed by atoms with E-state index in [1.54, 1.807) is 26.2 Å². The topological polar surface area (TPSA) is 96.0 Å². The highest BCUT2D eigenvalue weighted by atomic mass is 32.2. The molecule has 0 bridgehead atoms. The largest absolute Gasteiger partial charge is 0.497 e. The Labute approximate surface area is 229 Å². The monoisotopic (exact) mass is 565 g/mol. The first-order valence-electron chi connectivity index (χ1n) is 13.1. The van der Waals surface area contributed by atoms with Crippen molar-refractivity contribution < 1.29 is 31.5 Å². The Morgan fingerprint density at radius 3 is 2.31 bits per heavy atom. The molecular formula is C28H37F2N3O5S. The molecule has 1 saturated carbocycles. The minimum atomic E-state index is -3.82. The third-order valence-electron chi connectivity index (χ3n) is 6.97. The second kappa shape index (κ2) is 13.7. The van der Waals surface area contributed by atoms with E-state index >= 15 is 0 Å². The fourth-order valence-corrected chi connectivity index (χ4v) is 5.68. The molecule has 2 aromatic carbocycles. The van der Waals surface area contributed by atoms with E-state index in [0.29, 0.717) is 5.75 Å². The summed E-state index contributed by atoms with van der Waals surface area (Å²) in [6, 6.07) is 9.37. The molecule has 0 aliphatic heterocycles. The van der Waals surface area contributed by atoms with Gasteiger partial charge >= 0.3 is 0 Å². The summed E-state index contributed by atoms with van der Waals surface area (Å²) < 4.78 is 58.0. The minimum absolute atomic E-state index is 0.0286. The molecule has 1 N–H and O–H groups in total. The second-order valence-electron chi connectivity index (χ2n) is 9.93. The van der Waals surface area contributed by atoms with E-state index in [2.05, 4.69) is 5.32 Å². The van der Waals surface area contributed by atoms with Crippen LogP contribution in [0.15, 0.2) is 42.5 Å². The van der Waals surface area contributed by atoms with Crippen LogP contribution >= 0.6 is 0 Å². The number of sulfonamides is 1. The predicted octanol–water partition coefficient (Wildman–Crippen LogP) is 4.39. The number of amides is 2. The lowest BCUT2D eigenvalue weighted by Gasteiger charge is -2.31. The molecule has 0 saturated heterocycles. The number of methoxy groups -OCH3 is 1. The van der Waals surface area contributed by atoms with E-state index < -0.39 is 27.7 Å². The molecule has 1 unspecified atom stereocenters. The van der Waals surface area contributed by atoms with Gasteiger partial charge in [0.25, 0.3) is 0 Å². The zero-order valence-corrected chi connectivity index (χ0v) is 23.5. The number of nitrogens with zero attached hydrogens (tertiary/aromatic N) is 2. The number of ether oxygens (including phenoxy) is 1. The molecule has 39 heavy (non-hydrogen) atoms. The Bertz CT molecular complexity index is 1230. The maximum Gasteiger partial charge on any atom is 0.242 e. The van der Waals surface area contributed by atoms with Gasteiger partial charge in [-0.05, 0) is 56.0 Å². The van der Waals surface area contributed by atoms with Crippen LogP contribution in [0, 0.1) is 11.6 Å². The molecule has 1 atom stereocenters. The highest BCUT2D eigenvalue weighted by molar-refractivity contribution is 7.92. The van der Waals surface area contributed by atoms with Crippen molar-refractivity contribution in [1.29, 1.82) is 0 Å². The van der Waals surface area contributed by atoms with Gasteiger partial charge in [0, 0.05) is 31.6 Å². The summed E-state index contributed by atoms with van der Waals surface area (Å²) in [5, 5.41) is 3.08. The van der Waals surface area contributed by atoms with Gasteiger partial charge in [0.15, 0.2) is 11.6 Å². The first-order chi connectivity index (χ1) is 18.5. The molecule has 8 nitrogen and oxygen atoms in total. The number of hydrogen-bond donors (Lipinski definition) is 1. The van der Waals surface area contributed by atoms with Gasteiger partial charge < -0.3 is 15.0 Å². The molecule has 1 aliphatic rings. The van der Waals surface area contributed by atoms with Gasteiger partial charge in [0.05, 0.1) is 19.1 Å². The smallest absolute Gasteiger partial charge is 0.242 e. The lowest BCUT2D eigenvalue weighted by molar-refractivity contribution is -0.141. The Kier molecular flexibility index (Phi) is 10.7. The highest BCUT2D eigenvalue weighted by Gasteiger charge is 2.28. The number of hydrogen-bond acceptors (Lipinski definition) is 5. The molecule has 2 amide bonds. The molecule has 3 rings (SSSR count). The summed E-state index contributed by atoms with van der Waals surface area (Å²) in [7, 11) is -2.27. The number of benzene rings is 2. The van der Waals surface area contributed by atoms with Crippen molar-refractivity contribution in [1.82, 2.24) is 10.2 Å². The van der Waals surface area contributed by atoms with Crippen LogP contribution in [0.3, 0.4) is 0 Å². The number of halogens is 2. The van der Waals surface area contributed by atoms with Gasteiger partial charge in [0.1, 0.15) is 11.8 Å². The van der Waals surface area contributed by atoms with E-state index in [4.69, 9.17) is 4.74 Å². The van der Waals surface area contributed by atoms with Crippen LogP contribution < -0.4 is 14.4 Å². The quantitative estimate of drug-likeness (QED) is 0.412. The summed E-state index contributed by atoms with van der Waals surface area (Å²) >= 11 is 0. The van der Waals surface area contributed by atoms with Crippen LogP contribution in [0.4, 0.5) is 14.5 Å². The van der Waals surface area contributed by atoms with Crippen LogP contribution in [-0.4, -0.2) is 57.1 Å². The summed E-state index contributed by atoms with van der Waals surface area (Å²) in [6.45, 7) is 1.75. The number of carbonyl (C=O) groups excluding carboxylic acids is 2. The summed E-state index contributed by atoms with van der Waals surface area (Å²) in [4.78, 5) is 28.0. The van der Waals surface area contributed by atoms with Crippen LogP contribution in [0.2, 0.25) is 0 Å². The van der Waals surface area contributed by atoms with Gasteiger partial charge in [-0.15, -0.1) is 0 Å². The average Bonchev–Trinajstić information content (AvgIpc) is 2.91. The van der Waals surface area contributed by atoms with Crippen molar-refractivity contribution in [2.75, 3.05) is 24.2 Å². The van der Waals surface area contributed by atoms with Gasteiger partial charge in [-0.1, -0.05) is 31.4 Å². The summed E-state index contributed by atoms with van der Waals surface area (Å²) in [5.74, 6) is -2.14. The van der Waals surface area contributed by atoms with Crippen molar-refractivity contribution in [2.45, 2.75) is 70.5 Å². The lowest BCUT2D eigenvalue weighted by Crippen LogP contribution is -2.50. The lowest BCUT2D eigenvalue weighted by atomic mass is 9.95. The standard InChI is InChI=1S/C28H37F2N3O5S/c1-20(28(35)31-22-8-5-4-6-9-22)32(19-21-11-14-24(38-2)15-12-21)27(34)10-7-17-33(39(3,36)37)23-13-16-25(29)26(30)18-23/h11-16,18,20,22H,4-10,17,19H2,1-3H3,(H,31,35). The molecular weight excluding hydrogens is 528 g/mol. The second-order valence-corrected chi connectivity index (χ2v) is 11.8. The van der Waals surface area contributed by atoms with Crippen LogP contribution in [0.5, 0.6) is 5.75 Å². The average molecular weight is 566 g/mol. The van der Waals surface area contributed by atoms with Crippen molar-refractivity contribution in [3.63, 3.8) is 0 Å². The molecule has 2 aromatic rings. The molecule has 1 aliphatic carbocycles. The van der Waals surface area contributed by atoms with Crippen LogP contribution in [-0.2, 0) is 26.2 Å². The maximum absolute atomic E-state index is 13.8. The minimum Gasteiger partial charge on any atom is -0.497 e. The maximum atomic E-state index is 13.8. The normalized spacial score (nSPS) is 14.9. The van der Waals surface area contributed by atoms with E-state index in [9.17, 15) is 26.8 Å². The first-order valence-corrected chi connectivity index (χ1v) is 15.0. The molecule has 214 valence electrons. The first kappa shape index (κ1) is 30.3. The van der Waals surface area contributed by atoms with Crippen LogP contribution in [0.25, 0.3) is 0 Å². The van der Waals surface area contributed by atoms with Gasteiger partial charge in [-0.2, -0.15) is 0 Å². The Hall–Kier alpha value is -3.21. The van der Waals surface area contributed by atoms with Gasteiger partial charge in [-0.3, -0.25) is 13.9 Å². The van der Waals surface area contributed by atoms with E-state index in [1.165, 1.54) is 11.0 Å². The highest BCUT2D eigenvalue weighted by Crippen LogP contribution is 2.22. The Balaban J connectivity index is 1.73. The number of nitrogens with one attached hydrogen (secondary N) is 1. The molecule has 1 fully saturated rings. The molecule has 0 heterocycles. The summed E-state index contributed by atoms with van der Waals surface area (Å²) in [5.41, 5.74) is 0.778. The zero-order valence-electron chi connectivity index (χ0n) is 22.7. The molecule has 11 heteroatoms. The van der Waals surface area contributed by atoms with Crippen molar-refractivity contribution in [3.05, 3.63) is 59.7 Å². The van der Waals surface area contributed by atoms with Crippen LogP contribution in [0.1, 0.15) is 57.4 Å². The third kappa shape index (κ3) is 8.64. The number of carbonyl (C=O) groups is 2. The van der Waals surface area contributed by atoms with E-state index in [-0.39, 0.29) is 49.5 Å². The fraction of sp³-hybridized carbons (Fsp3) is 0.500. The van der Waals surface area contributed by atoms with Crippen molar-refractivity contribution in [3.8, 4) is 5.75 Å².